The molecule has 0 saturated carbocycles. The van der Waals surface area contributed by atoms with Gasteiger partial charge in [-0.15, -0.1) is 9.24 Å². The second kappa shape index (κ2) is 3.44. The summed E-state index contributed by atoms with van der Waals surface area (Å²) in [6.07, 6.45) is 0. The van der Waals surface area contributed by atoms with Crippen molar-refractivity contribution in [1.82, 2.24) is 4.98 Å². The van der Waals surface area contributed by atoms with Gasteiger partial charge < -0.3 is 0 Å². The topological polar surface area (TPSA) is 12.9 Å². The molecule has 0 radical (unpaired) electrons. The highest BCUT2D eigenvalue weighted by Crippen LogP contribution is 2.04. The van der Waals surface area contributed by atoms with Crippen LogP contribution in [0.5, 0.6) is 0 Å². The maximum absolute atomic E-state index is 4.34. The first kappa shape index (κ1) is 9.53. The van der Waals surface area contributed by atoms with Crippen LogP contribution in [-0.2, 0) is 0 Å². The molecule has 0 N–H and O–H groups in total. The van der Waals surface area contributed by atoms with Crippen LogP contribution in [0.1, 0.15) is 11.1 Å². The summed E-state index contributed by atoms with van der Waals surface area (Å²) >= 11 is 0. The fraction of sp³-hybridized carbons (Fsp3) is 0.286. The molecule has 0 spiro atoms. The largest absolute Gasteiger partial charge is 0.249 e. The van der Waals surface area contributed by atoms with Crippen molar-refractivity contribution in [2.75, 3.05) is 0 Å². The lowest BCUT2D eigenvalue weighted by Gasteiger charge is -2.08. The van der Waals surface area contributed by atoms with Crippen LogP contribution in [0.3, 0.4) is 0 Å². The molecule has 11 heavy (non-hydrogen) atoms. The molecule has 1 aromatic rings. The van der Waals surface area contributed by atoms with E-state index in [9.17, 15) is 0 Å². The number of hydrogen-bond acceptors (Lipinski definition) is 1. The Morgan fingerprint density at radius 3 is 2.00 bits per heavy atom. The summed E-state index contributed by atoms with van der Waals surface area (Å²) in [5.41, 5.74) is 4.62. The number of aromatic nitrogens is 1. The number of hydrogen-bond donors (Lipinski definition) is 0. The average molecular weight is 203 g/mol. The van der Waals surface area contributed by atoms with Crippen LogP contribution in [0.25, 0.3) is 0 Å². The maximum Gasteiger partial charge on any atom is 0.0650 e. The van der Waals surface area contributed by atoms with E-state index in [1.165, 1.54) is 16.4 Å². The second-order valence-corrected chi connectivity index (χ2v) is 4.22. The predicted molar refractivity (Wildman–Crippen MR) is 61.7 cm³/mol. The van der Waals surface area contributed by atoms with Crippen molar-refractivity contribution < 1.29 is 0 Å². The molecule has 0 aliphatic carbocycles. The first-order chi connectivity index (χ1) is 5.04. The molecule has 3 atom stereocenters. The zero-order chi connectivity index (χ0) is 8.59. The molecule has 1 heterocycles. The highest BCUT2D eigenvalue weighted by molar-refractivity contribution is 7.36. The van der Waals surface area contributed by atoms with Crippen LogP contribution < -0.4 is 16.2 Å². The molecule has 3 unspecified atom stereocenters. The van der Waals surface area contributed by atoms with Crippen molar-refractivity contribution in [2.45, 2.75) is 13.8 Å². The Labute approximate surface area is 74.4 Å². The van der Waals surface area contributed by atoms with Gasteiger partial charge in [0.05, 0.1) is 10.9 Å². The summed E-state index contributed by atoms with van der Waals surface area (Å²) < 4.78 is 0. The SMILES string of the molecule is Cc1c(P)nc(P)c(P)c1C. The van der Waals surface area contributed by atoms with Crippen LogP contribution >= 0.6 is 27.7 Å². The van der Waals surface area contributed by atoms with Crippen molar-refractivity contribution in [3.8, 4) is 0 Å². The van der Waals surface area contributed by atoms with E-state index < -0.39 is 0 Å². The van der Waals surface area contributed by atoms with Gasteiger partial charge in [-0.3, -0.25) is 0 Å². The van der Waals surface area contributed by atoms with E-state index in [-0.39, 0.29) is 0 Å². The minimum Gasteiger partial charge on any atom is -0.249 e. The summed E-state index contributed by atoms with van der Waals surface area (Å²) in [4.78, 5) is 4.34. The molecule has 4 heteroatoms. The minimum atomic E-state index is 1.02. The van der Waals surface area contributed by atoms with E-state index in [4.69, 9.17) is 0 Å². The Kier molecular flexibility index (Phi) is 2.98. The molecule has 0 amide bonds. The lowest BCUT2D eigenvalue weighted by Crippen LogP contribution is -2.26. The van der Waals surface area contributed by atoms with Crippen molar-refractivity contribution in [3.63, 3.8) is 0 Å². The van der Waals surface area contributed by atoms with Gasteiger partial charge in [-0.1, -0.05) is 18.5 Å². The summed E-state index contributed by atoms with van der Waals surface area (Å²) in [7, 11) is 7.99. The lowest BCUT2D eigenvalue weighted by molar-refractivity contribution is 1.33. The summed E-state index contributed by atoms with van der Waals surface area (Å²) in [5, 5.41) is 1.19. The fourth-order valence-corrected chi connectivity index (χ4v) is 2.00. The van der Waals surface area contributed by atoms with Crippen LogP contribution in [0.15, 0.2) is 0 Å². The quantitative estimate of drug-likeness (QED) is 0.549. The van der Waals surface area contributed by atoms with Gasteiger partial charge >= 0.3 is 0 Å². The zero-order valence-corrected chi connectivity index (χ0v) is 10.1. The average Bonchev–Trinajstić information content (AvgIpc) is 1.97. The van der Waals surface area contributed by atoms with Crippen LogP contribution in [0, 0.1) is 13.8 Å². The predicted octanol–water partition coefficient (Wildman–Crippen LogP) is 0.200. The van der Waals surface area contributed by atoms with Gasteiger partial charge in [-0.2, -0.15) is 0 Å². The normalized spacial score (nSPS) is 10.3. The second-order valence-electron chi connectivity index (χ2n) is 2.55. The van der Waals surface area contributed by atoms with Crippen LogP contribution in [0.4, 0.5) is 0 Å². The van der Waals surface area contributed by atoms with Gasteiger partial charge in [0.2, 0.25) is 0 Å². The Hall–Kier alpha value is 0.440. The standard InChI is InChI=1S/C7H12NP3/c1-3-4(2)6(10)8-7(11)5(3)9/h9-11H2,1-2H3. The van der Waals surface area contributed by atoms with E-state index in [1.807, 2.05) is 0 Å². The Balaban J connectivity index is 3.46. The molecule has 1 aromatic heterocycles. The van der Waals surface area contributed by atoms with E-state index in [2.05, 4.69) is 46.6 Å². The molecule has 0 fully saturated rings. The third kappa shape index (κ3) is 1.78. The van der Waals surface area contributed by atoms with Gasteiger partial charge in [-0.25, -0.2) is 4.98 Å². The molecule has 1 rings (SSSR count). The molecular weight excluding hydrogens is 191 g/mol. The first-order valence-corrected chi connectivity index (χ1v) is 5.05. The summed E-state index contributed by atoms with van der Waals surface area (Å²) in [6, 6.07) is 0. The van der Waals surface area contributed by atoms with Gasteiger partial charge in [0.15, 0.2) is 0 Å². The highest BCUT2D eigenvalue weighted by Gasteiger charge is 2.04. The first-order valence-electron chi connectivity index (χ1n) is 3.31. The summed E-state index contributed by atoms with van der Waals surface area (Å²) in [5.74, 6) is 0. The third-order valence-corrected chi connectivity index (χ3v) is 3.93. The fourth-order valence-electron chi connectivity index (χ4n) is 0.860. The van der Waals surface area contributed by atoms with Gasteiger partial charge in [0.1, 0.15) is 0 Å². The van der Waals surface area contributed by atoms with E-state index >= 15 is 0 Å². The van der Waals surface area contributed by atoms with Gasteiger partial charge in [-0.05, 0) is 30.3 Å². The highest BCUT2D eigenvalue weighted by atomic mass is 31.0. The molecule has 0 bridgehead atoms. The van der Waals surface area contributed by atoms with E-state index in [1.54, 1.807) is 0 Å². The monoisotopic (exact) mass is 203 g/mol. The molecule has 0 saturated heterocycles. The molecule has 0 aromatic carbocycles. The van der Waals surface area contributed by atoms with Crippen molar-refractivity contribution in [1.29, 1.82) is 0 Å². The third-order valence-electron chi connectivity index (χ3n) is 1.87. The Morgan fingerprint density at radius 2 is 1.45 bits per heavy atom. The van der Waals surface area contributed by atoms with E-state index in [0.717, 1.165) is 10.9 Å². The van der Waals surface area contributed by atoms with Gasteiger partial charge in [0, 0.05) is 0 Å². The van der Waals surface area contributed by atoms with Crippen molar-refractivity contribution in [3.05, 3.63) is 11.1 Å². The maximum atomic E-state index is 4.34. The van der Waals surface area contributed by atoms with Crippen LogP contribution in [0.2, 0.25) is 0 Å². The minimum absolute atomic E-state index is 1.02. The molecular formula is C7H12NP3. The Morgan fingerprint density at radius 1 is 0.909 bits per heavy atom. The molecule has 0 aliphatic rings. The molecule has 0 aliphatic heterocycles. The van der Waals surface area contributed by atoms with Crippen molar-refractivity contribution in [2.24, 2.45) is 0 Å². The number of rotatable bonds is 0. The van der Waals surface area contributed by atoms with Crippen LogP contribution in [-0.4, -0.2) is 4.98 Å². The van der Waals surface area contributed by atoms with Gasteiger partial charge in [0.25, 0.3) is 0 Å². The summed E-state index contributed by atoms with van der Waals surface area (Å²) in [6.45, 7) is 4.20. The molecule has 1 nitrogen and oxygen atoms in total. The zero-order valence-electron chi connectivity index (χ0n) is 6.68. The number of nitrogens with zero attached hydrogens (tertiary/aromatic N) is 1. The number of pyridine rings is 1. The lowest BCUT2D eigenvalue weighted by atomic mass is 10.2. The smallest absolute Gasteiger partial charge is 0.0650 e. The Bertz CT molecular complexity index is 270. The van der Waals surface area contributed by atoms with Crippen molar-refractivity contribution >= 4 is 43.9 Å². The molecule has 60 valence electrons. The van der Waals surface area contributed by atoms with E-state index in [0.29, 0.717) is 0 Å².